The number of phenolic OH excluding ortho intramolecular Hbond substituents is 1. The Kier molecular flexibility index (Phi) is 7.52. The Morgan fingerprint density at radius 1 is 0.840 bits per heavy atom. The number of hydrogen-bond donors (Lipinski definition) is 3. The second-order valence-corrected chi connectivity index (χ2v) is 9.63. The van der Waals surface area contributed by atoms with Gasteiger partial charge in [0.05, 0.1) is 20.1 Å². The minimum Gasteiger partial charge on any atom is -0.507 e. The molecule has 0 bridgehead atoms. The van der Waals surface area contributed by atoms with Crippen molar-refractivity contribution >= 4 is 0 Å². The number of likely N-dealkylation sites (N-methyl/N-ethyl adjacent to an activating group) is 2. The van der Waals surface area contributed by atoms with Gasteiger partial charge in [0.15, 0.2) is 0 Å². The second-order valence-electron chi connectivity index (χ2n) is 9.63. The Labute approximate surface area is 156 Å². The van der Waals surface area contributed by atoms with Crippen LogP contribution in [0.25, 0.3) is 0 Å². The van der Waals surface area contributed by atoms with Crippen molar-refractivity contribution in [3.05, 3.63) is 28.8 Å². The lowest BCUT2D eigenvalue weighted by molar-refractivity contribution is -0.953. The van der Waals surface area contributed by atoms with E-state index in [1.807, 2.05) is 0 Å². The largest absolute Gasteiger partial charge is 0.507 e. The van der Waals surface area contributed by atoms with Gasteiger partial charge < -0.3 is 14.9 Å². The van der Waals surface area contributed by atoms with Gasteiger partial charge in [0.2, 0.25) is 0 Å². The third kappa shape index (κ3) is 6.31. The van der Waals surface area contributed by atoms with Crippen molar-refractivity contribution in [2.75, 3.05) is 33.2 Å². The molecule has 0 aromatic heterocycles. The maximum atomic E-state index is 10.8. The van der Waals surface area contributed by atoms with Crippen LogP contribution in [0.1, 0.15) is 72.1 Å². The van der Waals surface area contributed by atoms with E-state index in [4.69, 9.17) is 0 Å². The molecule has 144 valence electrons. The van der Waals surface area contributed by atoms with Gasteiger partial charge in [-0.05, 0) is 36.8 Å². The number of phenols is 1. The van der Waals surface area contributed by atoms with Crippen LogP contribution in [-0.2, 0) is 17.4 Å². The average molecular weight is 351 g/mol. The number of quaternary nitrogens is 2. The third-order valence-corrected chi connectivity index (χ3v) is 5.20. The standard InChI is InChI=1S/C22H40N2O/c1-10-24(11-2)13-12-23(9)16-17-14-18(21(3,4)5)20(25)19(15-17)22(6,7)8/h14-15,25H,10-13,16H2,1-9H3/p+2. The smallest absolute Gasteiger partial charge is 0.127 e. The number of aromatic hydroxyl groups is 1. The summed E-state index contributed by atoms with van der Waals surface area (Å²) in [7, 11) is 2.28. The lowest BCUT2D eigenvalue weighted by atomic mass is 9.78. The van der Waals surface area contributed by atoms with Crippen molar-refractivity contribution < 1.29 is 14.9 Å². The molecule has 0 heterocycles. The van der Waals surface area contributed by atoms with Crippen LogP contribution in [0.2, 0.25) is 0 Å². The SMILES string of the molecule is CC[NH+](CC)CC[NH+](C)Cc1cc(C(C)(C)C)c(O)c(C(C)(C)C)c1. The fourth-order valence-electron chi connectivity index (χ4n) is 3.37. The van der Waals surface area contributed by atoms with Crippen molar-refractivity contribution in [3.63, 3.8) is 0 Å². The normalized spacial score (nSPS) is 14.2. The van der Waals surface area contributed by atoms with Crippen molar-refractivity contribution in [2.24, 2.45) is 0 Å². The molecule has 3 heteroatoms. The fraction of sp³-hybridized carbons (Fsp3) is 0.727. The first-order valence-corrected chi connectivity index (χ1v) is 9.91. The Balaban J connectivity index is 3.07. The Morgan fingerprint density at radius 3 is 1.64 bits per heavy atom. The van der Waals surface area contributed by atoms with Gasteiger partial charge in [-0.15, -0.1) is 0 Å². The van der Waals surface area contributed by atoms with Crippen molar-refractivity contribution in [1.82, 2.24) is 0 Å². The molecule has 1 aromatic carbocycles. The number of rotatable bonds is 7. The summed E-state index contributed by atoms with van der Waals surface area (Å²) >= 11 is 0. The second kappa shape index (κ2) is 8.55. The quantitative estimate of drug-likeness (QED) is 0.689. The molecule has 1 aromatic rings. The van der Waals surface area contributed by atoms with Crippen molar-refractivity contribution in [3.8, 4) is 5.75 Å². The first-order valence-electron chi connectivity index (χ1n) is 9.91. The molecular weight excluding hydrogens is 308 g/mol. The Bertz CT molecular complexity index is 513. The monoisotopic (exact) mass is 350 g/mol. The minimum atomic E-state index is -0.0562. The summed E-state index contributed by atoms with van der Waals surface area (Å²) in [4.78, 5) is 3.20. The highest BCUT2D eigenvalue weighted by Crippen LogP contribution is 2.39. The molecule has 0 fully saturated rings. The molecule has 0 amide bonds. The van der Waals surface area contributed by atoms with Crippen LogP contribution in [0.3, 0.4) is 0 Å². The molecule has 1 rings (SSSR count). The maximum Gasteiger partial charge on any atom is 0.127 e. The average Bonchev–Trinajstić information content (AvgIpc) is 2.47. The first kappa shape index (κ1) is 22.0. The van der Waals surface area contributed by atoms with E-state index < -0.39 is 0 Å². The Hall–Kier alpha value is -1.06. The molecule has 0 aliphatic carbocycles. The van der Waals surface area contributed by atoms with Gasteiger partial charge in [0.1, 0.15) is 25.4 Å². The summed E-state index contributed by atoms with van der Waals surface area (Å²) in [5.41, 5.74) is 3.35. The lowest BCUT2D eigenvalue weighted by Gasteiger charge is -2.28. The molecule has 0 saturated carbocycles. The van der Waals surface area contributed by atoms with E-state index in [0.29, 0.717) is 5.75 Å². The highest BCUT2D eigenvalue weighted by atomic mass is 16.3. The third-order valence-electron chi connectivity index (χ3n) is 5.20. The Morgan fingerprint density at radius 2 is 1.28 bits per heavy atom. The predicted octanol–water partition coefficient (Wildman–Crippen LogP) is 1.93. The van der Waals surface area contributed by atoms with Crippen LogP contribution >= 0.6 is 0 Å². The molecule has 3 nitrogen and oxygen atoms in total. The van der Waals surface area contributed by atoms with Crippen LogP contribution in [0.15, 0.2) is 12.1 Å². The lowest BCUT2D eigenvalue weighted by Crippen LogP contribution is -3.18. The highest BCUT2D eigenvalue weighted by Gasteiger charge is 2.27. The van der Waals surface area contributed by atoms with Gasteiger partial charge in [0, 0.05) is 16.7 Å². The van der Waals surface area contributed by atoms with E-state index in [1.165, 1.54) is 36.6 Å². The van der Waals surface area contributed by atoms with Gasteiger partial charge in [-0.1, -0.05) is 41.5 Å². The van der Waals surface area contributed by atoms with Crippen LogP contribution in [0, 0.1) is 0 Å². The van der Waals surface area contributed by atoms with Gasteiger partial charge in [-0.2, -0.15) is 0 Å². The van der Waals surface area contributed by atoms with Crippen LogP contribution < -0.4 is 9.80 Å². The molecule has 25 heavy (non-hydrogen) atoms. The first-order chi connectivity index (χ1) is 11.4. The van der Waals surface area contributed by atoms with E-state index in [0.717, 1.165) is 17.7 Å². The van der Waals surface area contributed by atoms with E-state index in [9.17, 15) is 5.11 Å². The molecule has 1 atom stereocenters. The zero-order valence-corrected chi connectivity index (χ0v) is 18.1. The van der Waals surface area contributed by atoms with E-state index in [2.05, 4.69) is 74.6 Å². The summed E-state index contributed by atoms with van der Waals surface area (Å²) in [6.45, 7) is 23.4. The molecule has 0 saturated heterocycles. The molecule has 0 aliphatic heterocycles. The maximum absolute atomic E-state index is 10.8. The zero-order chi connectivity index (χ0) is 19.4. The van der Waals surface area contributed by atoms with Crippen LogP contribution in [0.4, 0.5) is 0 Å². The molecular formula is C22H42N2O+2. The predicted molar refractivity (Wildman–Crippen MR) is 108 cm³/mol. The molecule has 0 radical (unpaired) electrons. The fourth-order valence-corrected chi connectivity index (χ4v) is 3.37. The topological polar surface area (TPSA) is 29.1 Å². The highest BCUT2D eigenvalue weighted by molar-refractivity contribution is 5.49. The van der Waals surface area contributed by atoms with Gasteiger partial charge in [-0.3, -0.25) is 0 Å². The number of hydrogen-bond acceptors (Lipinski definition) is 1. The minimum absolute atomic E-state index is 0.0562. The van der Waals surface area contributed by atoms with Crippen molar-refractivity contribution in [1.29, 1.82) is 0 Å². The summed E-state index contributed by atoms with van der Waals surface area (Å²) in [5, 5.41) is 10.8. The van der Waals surface area contributed by atoms with Crippen molar-refractivity contribution in [2.45, 2.75) is 72.8 Å². The van der Waals surface area contributed by atoms with Crippen LogP contribution in [0.5, 0.6) is 5.75 Å². The molecule has 0 spiro atoms. The van der Waals surface area contributed by atoms with Gasteiger partial charge in [-0.25, -0.2) is 0 Å². The van der Waals surface area contributed by atoms with E-state index in [-0.39, 0.29) is 10.8 Å². The summed E-state index contributed by atoms with van der Waals surface area (Å²) < 4.78 is 0. The molecule has 0 aliphatic rings. The summed E-state index contributed by atoms with van der Waals surface area (Å²) in [6.07, 6.45) is 0. The van der Waals surface area contributed by atoms with Gasteiger partial charge in [0.25, 0.3) is 0 Å². The molecule has 3 N–H and O–H groups in total. The summed E-state index contributed by atoms with van der Waals surface area (Å²) in [6, 6.07) is 4.44. The van der Waals surface area contributed by atoms with E-state index in [1.54, 1.807) is 4.90 Å². The van der Waals surface area contributed by atoms with Gasteiger partial charge >= 0.3 is 0 Å². The number of benzene rings is 1. The molecule has 1 unspecified atom stereocenters. The van der Waals surface area contributed by atoms with Crippen LogP contribution in [-0.4, -0.2) is 38.3 Å². The summed E-state index contributed by atoms with van der Waals surface area (Å²) in [5.74, 6) is 0.481. The van der Waals surface area contributed by atoms with E-state index >= 15 is 0 Å². The number of nitrogens with one attached hydrogen (secondary N) is 2. The zero-order valence-electron chi connectivity index (χ0n) is 18.1.